The highest BCUT2D eigenvalue weighted by Crippen LogP contribution is 2.35. The molecule has 0 bridgehead atoms. The number of nitrogens with one attached hydrogen (secondary N) is 1. The SMILES string of the molecule is COc1cc(NC(=O)/C=C/c2cccc3cccnc23)c(OC)cc1Cl. The van der Waals surface area contributed by atoms with Crippen molar-refractivity contribution in [3.8, 4) is 11.5 Å². The second-order valence-corrected chi connectivity index (χ2v) is 5.84. The number of para-hydroxylation sites is 1. The van der Waals surface area contributed by atoms with Gasteiger partial charge in [-0.15, -0.1) is 0 Å². The van der Waals surface area contributed by atoms with Gasteiger partial charge in [-0.3, -0.25) is 9.78 Å². The van der Waals surface area contributed by atoms with Crippen LogP contribution in [0.2, 0.25) is 5.02 Å². The summed E-state index contributed by atoms with van der Waals surface area (Å²) in [6, 6.07) is 12.9. The van der Waals surface area contributed by atoms with Gasteiger partial charge in [0.1, 0.15) is 11.5 Å². The summed E-state index contributed by atoms with van der Waals surface area (Å²) in [5, 5.41) is 4.19. The third kappa shape index (κ3) is 3.78. The molecule has 2 aromatic carbocycles. The van der Waals surface area contributed by atoms with E-state index in [1.807, 2.05) is 30.3 Å². The minimum atomic E-state index is -0.305. The van der Waals surface area contributed by atoms with E-state index < -0.39 is 0 Å². The maximum Gasteiger partial charge on any atom is 0.248 e. The molecule has 1 aromatic heterocycles. The number of benzene rings is 2. The van der Waals surface area contributed by atoms with E-state index in [-0.39, 0.29) is 5.91 Å². The van der Waals surface area contributed by atoms with Crippen molar-refractivity contribution in [1.82, 2.24) is 4.98 Å². The first kappa shape index (κ1) is 17.8. The summed E-state index contributed by atoms with van der Waals surface area (Å²) in [5.41, 5.74) is 2.17. The first-order valence-corrected chi connectivity index (χ1v) is 8.24. The minimum absolute atomic E-state index is 0.305. The molecule has 0 atom stereocenters. The molecule has 0 aliphatic rings. The number of hydrogen-bond donors (Lipinski definition) is 1. The van der Waals surface area contributed by atoms with E-state index in [2.05, 4.69) is 10.3 Å². The van der Waals surface area contributed by atoms with Gasteiger partial charge < -0.3 is 14.8 Å². The highest BCUT2D eigenvalue weighted by Gasteiger charge is 2.11. The molecule has 0 saturated heterocycles. The van der Waals surface area contributed by atoms with Crippen LogP contribution in [-0.4, -0.2) is 25.1 Å². The standard InChI is InChI=1S/C20H17ClN2O3/c1-25-17-12-16(18(26-2)11-15(17)21)23-19(24)9-8-14-6-3-5-13-7-4-10-22-20(13)14/h3-12H,1-2H3,(H,23,24)/b9-8+. The Kier molecular flexibility index (Phi) is 5.39. The van der Waals surface area contributed by atoms with Crippen LogP contribution >= 0.6 is 11.6 Å². The summed E-state index contributed by atoms with van der Waals surface area (Å²) in [4.78, 5) is 16.7. The van der Waals surface area contributed by atoms with Crippen LogP contribution in [0.5, 0.6) is 11.5 Å². The van der Waals surface area contributed by atoms with E-state index in [1.54, 1.807) is 24.4 Å². The second-order valence-electron chi connectivity index (χ2n) is 5.43. The molecule has 0 unspecified atom stereocenters. The molecule has 0 aliphatic carbocycles. The number of rotatable bonds is 5. The number of fused-ring (bicyclic) bond motifs is 1. The largest absolute Gasteiger partial charge is 0.495 e. The normalized spacial score (nSPS) is 10.9. The van der Waals surface area contributed by atoms with Gasteiger partial charge >= 0.3 is 0 Å². The van der Waals surface area contributed by atoms with Crippen LogP contribution in [0.15, 0.2) is 54.7 Å². The minimum Gasteiger partial charge on any atom is -0.495 e. The Labute approximate surface area is 156 Å². The van der Waals surface area contributed by atoms with Crippen LogP contribution in [0.4, 0.5) is 5.69 Å². The zero-order chi connectivity index (χ0) is 18.5. The van der Waals surface area contributed by atoms with Gasteiger partial charge in [0.15, 0.2) is 0 Å². The lowest BCUT2D eigenvalue weighted by Crippen LogP contribution is -2.09. The number of pyridine rings is 1. The zero-order valence-corrected chi connectivity index (χ0v) is 15.1. The van der Waals surface area contributed by atoms with Crippen molar-refractivity contribution < 1.29 is 14.3 Å². The van der Waals surface area contributed by atoms with Crippen molar-refractivity contribution in [3.63, 3.8) is 0 Å². The van der Waals surface area contributed by atoms with Crippen LogP contribution in [0.1, 0.15) is 5.56 Å². The fourth-order valence-corrected chi connectivity index (χ4v) is 2.79. The average molecular weight is 369 g/mol. The first-order chi connectivity index (χ1) is 12.6. The predicted molar refractivity (Wildman–Crippen MR) is 104 cm³/mol. The van der Waals surface area contributed by atoms with Crippen molar-refractivity contribution >= 4 is 40.2 Å². The number of nitrogens with zero attached hydrogens (tertiary/aromatic N) is 1. The maximum atomic E-state index is 12.3. The number of carbonyl (C=O) groups is 1. The number of ether oxygens (including phenoxy) is 2. The fraction of sp³-hybridized carbons (Fsp3) is 0.100. The lowest BCUT2D eigenvalue weighted by atomic mass is 10.1. The summed E-state index contributed by atoms with van der Waals surface area (Å²) in [6.45, 7) is 0. The monoisotopic (exact) mass is 368 g/mol. The molecule has 3 rings (SSSR count). The van der Waals surface area contributed by atoms with E-state index >= 15 is 0 Å². The van der Waals surface area contributed by atoms with Gasteiger partial charge in [-0.2, -0.15) is 0 Å². The van der Waals surface area contributed by atoms with Crippen LogP contribution in [0, 0.1) is 0 Å². The van der Waals surface area contributed by atoms with Gasteiger partial charge in [-0.05, 0) is 12.1 Å². The van der Waals surface area contributed by atoms with Gasteiger partial charge in [-0.1, -0.05) is 35.9 Å². The molecule has 0 fully saturated rings. The van der Waals surface area contributed by atoms with Crippen LogP contribution < -0.4 is 14.8 Å². The van der Waals surface area contributed by atoms with E-state index in [0.29, 0.717) is 22.2 Å². The molecule has 26 heavy (non-hydrogen) atoms. The summed E-state index contributed by atoms with van der Waals surface area (Å²) in [7, 11) is 3.01. The van der Waals surface area contributed by atoms with Crippen molar-refractivity contribution in [2.24, 2.45) is 0 Å². The fourth-order valence-electron chi connectivity index (χ4n) is 2.56. The molecule has 0 spiro atoms. The molecule has 3 aromatic rings. The number of carbonyl (C=O) groups excluding carboxylic acids is 1. The summed E-state index contributed by atoms with van der Waals surface area (Å²) < 4.78 is 10.4. The molecule has 1 N–H and O–H groups in total. The van der Waals surface area contributed by atoms with Gasteiger partial charge in [0.25, 0.3) is 0 Å². The number of amides is 1. The Hall–Kier alpha value is -3.05. The zero-order valence-electron chi connectivity index (χ0n) is 14.3. The molecule has 132 valence electrons. The third-order valence-electron chi connectivity index (χ3n) is 3.81. The lowest BCUT2D eigenvalue weighted by Gasteiger charge is -2.12. The highest BCUT2D eigenvalue weighted by molar-refractivity contribution is 6.32. The average Bonchev–Trinajstić information content (AvgIpc) is 2.67. The Morgan fingerprint density at radius 3 is 2.65 bits per heavy atom. The van der Waals surface area contributed by atoms with Crippen LogP contribution in [0.25, 0.3) is 17.0 Å². The Morgan fingerprint density at radius 1 is 1.12 bits per heavy atom. The first-order valence-electron chi connectivity index (χ1n) is 7.86. The number of aromatic nitrogens is 1. The van der Waals surface area contributed by atoms with E-state index in [4.69, 9.17) is 21.1 Å². The van der Waals surface area contributed by atoms with E-state index in [0.717, 1.165) is 16.5 Å². The molecule has 0 radical (unpaired) electrons. The molecular weight excluding hydrogens is 352 g/mol. The van der Waals surface area contributed by atoms with Crippen molar-refractivity contribution in [1.29, 1.82) is 0 Å². The summed E-state index contributed by atoms with van der Waals surface area (Å²) in [5.74, 6) is 0.593. The molecule has 6 heteroatoms. The van der Waals surface area contributed by atoms with Crippen LogP contribution in [0.3, 0.4) is 0 Å². The molecule has 1 amide bonds. The van der Waals surface area contributed by atoms with Gasteiger partial charge in [0.2, 0.25) is 5.91 Å². The van der Waals surface area contributed by atoms with Crippen molar-refractivity contribution in [2.45, 2.75) is 0 Å². The molecule has 0 saturated carbocycles. The second kappa shape index (κ2) is 7.89. The number of methoxy groups -OCH3 is 2. The van der Waals surface area contributed by atoms with Gasteiger partial charge in [0.05, 0.1) is 30.4 Å². The van der Waals surface area contributed by atoms with E-state index in [9.17, 15) is 4.79 Å². The number of anilines is 1. The number of hydrogen-bond acceptors (Lipinski definition) is 4. The quantitative estimate of drug-likeness (QED) is 0.671. The number of halogens is 1. The third-order valence-corrected chi connectivity index (χ3v) is 4.11. The van der Waals surface area contributed by atoms with Crippen LogP contribution in [-0.2, 0) is 4.79 Å². The lowest BCUT2D eigenvalue weighted by molar-refractivity contribution is -0.111. The maximum absolute atomic E-state index is 12.3. The van der Waals surface area contributed by atoms with Gasteiger partial charge in [-0.25, -0.2) is 0 Å². The van der Waals surface area contributed by atoms with Gasteiger partial charge in [0, 0.05) is 35.4 Å². The molecule has 5 nitrogen and oxygen atoms in total. The predicted octanol–water partition coefficient (Wildman–Crippen LogP) is 4.56. The van der Waals surface area contributed by atoms with Crippen molar-refractivity contribution in [2.75, 3.05) is 19.5 Å². The topological polar surface area (TPSA) is 60.5 Å². The molecule has 1 heterocycles. The summed E-state index contributed by atoms with van der Waals surface area (Å²) >= 11 is 6.07. The molecule has 0 aliphatic heterocycles. The smallest absolute Gasteiger partial charge is 0.248 e. The molecular formula is C20H17ClN2O3. The Morgan fingerprint density at radius 2 is 1.88 bits per heavy atom. The summed E-state index contributed by atoms with van der Waals surface area (Å²) in [6.07, 6.45) is 4.90. The van der Waals surface area contributed by atoms with E-state index in [1.165, 1.54) is 20.3 Å². The highest BCUT2D eigenvalue weighted by atomic mass is 35.5. The van der Waals surface area contributed by atoms with Crippen molar-refractivity contribution in [3.05, 3.63) is 65.3 Å². The Balaban J connectivity index is 1.84. The Bertz CT molecular complexity index is 981.